The average Bonchev–Trinajstić information content (AvgIpc) is 3.08. The number of hydrogen-bond acceptors (Lipinski definition) is 4. The van der Waals surface area contributed by atoms with Gasteiger partial charge in [-0.05, 0) is 62.2 Å². The Hall–Kier alpha value is -3.32. The van der Waals surface area contributed by atoms with Gasteiger partial charge in [-0.25, -0.2) is 9.48 Å². The van der Waals surface area contributed by atoms with Gasteiger partial charge in [-0.1, -0.05) is 23.7 Å². The van der Waals surface area contributed by atoms with Crippen LogP contribution in [-0.4, -0.2) is 28.4 Å². The van der Waals surface area contributed by atoms with Gasteiger partial charge in [0.25, 0.3) is 0 Å². The minimum absolute atomic E-state index is 0.223. The minimum atomic E-state index is -0.392. The SMILES string of the molecule is CCOC(=O)CCc1cccc(-n2nc(C)cc2NC(=O)Nc2ccc(Cl)cc2)c1. The lowest BCUT2D eigenvalue weighted by molar-refractivity contribution is -0.143. The molecule has 2 aromatic carbocycles. The molecule has 30 heavy (non-hydrogen) atoms. The van der Waals surface area contributed by atoms with Gasteiger partial charge in [0.05, 0.1) is 18.0 Å². The third-order valence-electron chi connectivity index (χ3n) is 4.25. The highest BCUT2D eigenvalue weighted by Crippen LogP contribution is 2.20. The second kappa shape index (κ2) is 9.93. The van der Waals surface area contributed by atoms with Gasteiger partial charge >= 0.3 is 12.0 Å². The van der Waals surface area contributed by atoms with Crippen LogP contribution in [0.25, 0.3) is 5.69 Å². The van der Waals surface area contributed by atoms with Crippen LogP contribution in [0.3, 0.4) is 0 Å². The molecule has 2 N–H and O–H groups in total. The second-order valence-corrected chi connectivity index (χ2v) is 7.08. The molecule has 3 rings (SSSR count). The first-order chi connectivity index (χ1) is 14.4. The molecule has 1 aromatic heterocycles. The highest BCUT2D eigenvalue weighted by molar-refractivity contribution is 6.30. The molecule has 0 saturated carbocycles. The molecule has 156 valence electrons. The number of aromatic nitrogens is 2. The van der Waals surface area contributed by atoms with Crippen molar-refractivity contribution in [3.8, 4) is 5.69 Å². The molecule has 0 radical (unpaired) electrons. The molecule has 0 aliphatic heterocycles. The van der Waals surface area contributed by atoms with E-state index in [1.807, 2.05) is 31.2 Å². The van der Waals surface area contributed by atoms with E-state index in [-0.39, 0.29) is 5.97 Å². The number of halogens is 1. The summed E-state index contributed by atoms with van der Waals surface area (Å²) < 4.78 is 6.64. The summed E-state index contributed by atoms with van der Waals surface area (Å²) in [6.07, 6.45) is 0.872. The van der Waals surface area contributed by atoms with Crippen LogP contribution in [0, 0.1) is 6.92 Å². The number of ether oxygens (including phenoxy) is 1. The number of benzene rings is 2. The summed E-state index contributed by atoms with van der Waals surface area (Å²) in [5, 5.41) is 10.7. The molecule has 0 aliphatic rings. The molecule has 1 heterocycles. The standard InChI is InChI=1S/C22H23ClN4O3/c1-3-30-21(28)12-7-16-5-4-6-19(14-16)27-20(13-15(2)26-27)25-22(29)24-18-10-8-17(23)9-11-18/h4-6,8-11,13-14H,3,7,12H2,1-2H3,(H2,24,25,29). The van der Waals surface area contributed by atoms with E-state index in [0.29, 0.717) is 36.0 Å². The van der Waals surface area contributed by atoms with Crippen LogP contribution in [0.15, 0.2) is 54.6 Å². The lowest BCUT2D eigenvalue weighted by Gasteiger charge is -2.11. The fraction of sp³-hybridized carbons (Fsp3) is 0.227. The van der Waals surface area contributed by atoms with Crippen molar-refractivity contribution in [1.29, 1.82) is 0 Å². The average molecular weight is 427 g/mol. The van der Waals surface area contributed by atoms with E-state index in [1.165, 1.54) is 0 Å². The monoisotopic (exact) mass is 426 g/mol. The lowest BCUT2D eigenvalue weighted by atomic mass is 10.1. The maximum atomic E-state index is 12.4. The van der Waals surface area contributed by atoms with Gasteiger partial charge in [0.1, 0.15) is 5.82 Å². The first kappa shape index (κ1) is 21.4. The normalized spacial score (nSPS) is 10.5. The summed E-state index contributed by atoms with van der Waals surface area (Å²) in [6.45, 7) is 4.01. The van der Waals surface area contributed by atoms with Gasteiger partial charge in [-0.15, -0.1) is 0 Å². The molecular weight excluding hydrogens is 404 g/mol. The first-order valence-electron chi connectivity index (χ1n) is 9.60. The maximum Gasteiger partial charge on any atom is 0.324 e. The Morgan fingerprint density at radius 2 is 1.87 bits per heavy atom. The van der Waals surface area contributed by atoms with Crippen molar-refractivity contribution >= 4 is 35.1 Å². The predicted molar refractivity (Wildman–Crippen MR) is 117 cm³/mol. The second-order valence-electron chi connectivity index (χ2n) is 6.64. The summed E-state index contributed by atoms with van der Waals surface area (Å²) in [5.41, 5.74) is 3.14. The van der Waals surface area contributed by atoms with Crippen LogP contribution in [0.5, 0.6) is 0 Å². The Balaban J connectivity index is 1.73. The van der Waals surface area contributed by atoms with Crippen molar-refractivity contribution in [2.45, 2.75) is 26.7 Å². The van der Waals surface area contributed by atoms with Crippen LogP contribution in [0.2, 0.25) is 5.02 Å². The molecule has 0 saturated heterocycles. The molecule has 0 fully saturated rings. The zero-order valence-electron chi connectivity index (χ0n) is 16.8. The molecule has 2 amide bonds. The quantitative estimate of drug-likeness (QED) is 0.522. The predicted octanol–water partition coefficient (Wildman–Crippen LogP) is 4.97. The summed E-state index contributed by atoms with van der Waals surface area (Å²) >= 11 is 5.87. The van der Waals surface area contributed by atoms with Gasteiger partial charge in [-0.2, -0.15) is 5.10 Å². The molecule has 3 aromatic rings. The van der Waals surface area contributed by atoms with Crippen molar-refractivity contribution in [2.75, 3.05) is 17.2 Å². The van der Waals surface area contributed by atoms with Crippen LogP contribution < -0.4 is 10.6 Å². The molecule has 0 aliphatic carbocycles. The number of nitrogens with one attached hydrogen (secondary N) is 2. The molecule has 0 spiro atoms. The van der Waals surface area contributed by atoms with Gasteiger partial charge in [0, 0.05) is 23.2 Å². The summed E-state index contributed by atoms with van der Waals surface area (Å²) in [6, 6.07) is 15.9. The Bertz CT molecular complexity index is 1030. The van der Waals surface area contributed by atoms with Crippen LogP contribution in [-0.2, 0) is 16.0 Å². The van der Waals surface area contributed by atoms with Gasteiger partial charge in [-0.3, -0.25) is 10.1 Å². The summed E-state index contributed by atoms with van der Waals surface area (Å²) in [7, 11) is 0. The van der Waals surface area contributed by atoms with Crippen LogP contribution >= 0.6 is 11.6 Å². The van der Waals surface area contributed by atoms with Gasteiger partial charge < -0.3 is 10.1 Å². The highest BCUT2D eigenvalue weighted by Gasteiger charge is 2.12. The number of nitrogens with zero attached hydrogens (tertiary/aromatic N) is 2. The van der Waals surface area contributed by atoms with Crippen LogP contribution in [0.4, 0.5) is 16.3 Å². The number of aryl methyl sites for hydroxylation is 2. The molecule has 0 bridgehead atoms. The number of carbonyl (C=O) groups is 2. The van der Waals surface area contributed by atoms with Crippen molar-refractivity contribution < 1.29 is 14.3 Å². The number of urea groups is 1. The van der Waals surface area contributed by atoms with E-state index < -0.39 is 6.03 Å². The fourth-order valence-corrected chi connectivity index (χ4v) is 3.05. The lowest BCUT2D eigenvalue weighted by Crippen LogP contribution is -2.21. The molecular formula is C22H23ClN4O3. The van der Waals surface area contributed by atoms with E-state index in [2.05, 4.69) is 15.7 Å². The molecule has 0 unspecified atom stereocenters. The minimum Gasteiger partial charge on any atom is -0.466 e. The summed E-state index contributed by atoms with van der Waals surface area (Å²) in [5.74, 6) is 0.306. The zero-order chi connectivity index (χ0) is 21.5. The maximum absolute atomic E-state index is 12.4. The number of anilines is 2. The highest BCUT2D eigenvalue weighted by atomic mass is 35.5. The van der Waals surface area contributed by atoms with E-state index >= 15 is 0 Å². The van der Waals surface area contributed by atoms with Crippen molar-refractivity contribution in [3.05, 3.63) is 70.9 Å². The summed E-state index contributed by atoms with van der Waals surface area (Å²) in [4.78, 5) is 24.0. The van der Waals surface area contributed by atoms with Gasteiger partial charge in [0.15, 0.2) is 0 Å². The Kier molecular flexibility index (Phi) is 7.08. The van der Waals surface area contributed by atoms with Crippen molar-refractivity contribution in [2.24, 2.45) is 0 Å². The number of esters is 1. The number of amides is 2. The zero-order valence-corrected chi connectivity index (χ0v) is 17.6. The fourth-order valence-electron chi connectivity index (χ4n) is 2.92. The number of rotatable bonds is 7. The Labute approximate surface area is 180 Å². The van der Waals surface area contributed by atoms with E-state index in [0.717, 1.165) is 16.9 Å². The van der Waals surface area contributed by atoms with Crippen molar-refractivity contribution in [3.63, 3.8) is 0 Å². The Morgan fingerprint density at radius 1 is 1.10 bits per heavy atom. The van der Waals surface area contributed by atoms with E-state index in [1.54, 1.807) is 41.9 Å². The van der Waals surface area contributed by atoms with Gasteiger partial charge in [0.2, 0.25) is 0 Å². The molecule has 0 atom stereocenters. The topological polar surface area (TPSA) is 85.2 Å². The molecule has 7 nitrogen and oxygen atoms in total. The third kappa shape index (κ3) is 5.84. The number of hydrogen-bond donors (Lipinski definition) is 2. The smallest absolute Gasteiger partial charge is 0.324 e. The van der Waals surface area contributed by atoms with Crippen LogP contribution in [0.1, 0.15) is 24.6 Å². The number of carbonyl (C=O) groups excluding carboxylic acids is 2. The van der Waals surface area contributed by atoms with E-state index in [9.17, 15) is 9.59 Å². The first-order valence-corrected chi connectivity index (χ1v) is 9.97. The third-order valence-corrected chi connectivity index (χ3v) is 4.51. The largest absolute Gasteiger partial charge is 0.466 e. The Morgan fingerprint density at radius 3 is 2.60 bits per heavy atom. The van der Waals surface area contributed by atoms with E-state index in [4.69, 9.17) is 16.3 Å². The van der Waals surface area contributed by atoms with Crippen molar-refractivity contribution in [1.82, 2.24) is 9.78 Å². The molecule has 8 heteroatoms.